The molecule has 1 nitrogen and oxygen atoms in total. The first kappa shape index (κ1) is 12.3. The average Bonchev–Trinajstić information content (AvgIpc) is 2.14. The standard InChI is InChI=1S/C14H23N/c1-11(2)13-7-5-6-12(10-13)8-9-14(3,4)15/h5-7,10-11H,8-9,15H2,1-4H3. The van der Waals surface area contributed by atoms with Crippen molar-refractivity contribution in [2.45, 2.75) is 52.0 Å². The molecule has 0 fully saturated rings. The fourth-order valence-electron chi connectivity index (χ4n) is 1.57. The van der Waals surface area contributed by atoms with Crippen LogP contribution in [0, 0.1) is 0 Å². The van der Waals surface area contributed by atoms with E-state index in [9.17, 15) is 0 Å². The maximum atomic E-state index is 5.98. The Hall–Kier alpha value is -0.820. The Balaban J connectivity index is 2.66. The van der Waals surface area contributed by atoms with E-state index in [2.05, 4.69) is 52.0 Å². The van der Waals surface area contributed by atoms with Crippen LogP contribution in [0.3, 0.4) is 0 Å². The molecule has 1 aromatic carbocycles. The Bertz CT molecular complexity index is 307. The highest BCUT2D eigenvalue weighted by Gasteiger charge is 2.10. The van der Waals surface area contributed by atoms with Crippen LogP contribution in [0.25, 0.3) is 0 Å². The van der Waals surface area contributed by atoms with E-state index in [0.717, 1.165) is 12.8 Å². The van der Waals surface area contributed by atoms with Gasteiger partial charge in [-0.15, -0.1) is 0 Å². The van der Waals surface area contributed by atoms with Crippen LogP contribution < -0.4 is 5.73 Å². The van der Waals surface area contributed by atoms with Gasteiger partial charge in [0.05, 0.1) is 0 Å². The molecule has 0 amide bonds. The zero-order valence-electron chi connectivity index (χ0n) is 10.4. The maximum absolute atomic E-state index is 5.98. The first-order valence-corrected chi connectivity index (χ1v) is 5.76. The highest BCUT2D eigenvalue weighted by molar-refractivity contribution is 5.25. The van der Waals surface area contributed by atoms with Gasteiger partial charge in [-0.05, 0) is 43.7 Å². The molecule has 0 saturated carbocycles. The van der Waals surface area contributed by atoms with Gasteiger partial charge < -0.3 is 5.73 Å². The fourth-order valence-corrected chi connectivity index (χ4v) is 1.57. The molecule has 0 atom stereocenters. The maximum Gasteiger partial charge on any atom is 0.0100 e. The smallest absolute Gasteiger partial charge is 0.0100 e. The van der Waals surface area contributed by atoms with Crippen LogP contribution in [-0.4, -0.2) is 5.54 Å². The number of benzene rings is 1. The molecule has 15 heavy (non-hydrogen) atoms. The summed E-state index contributed by atoms with van der Waals surface area (Å²) >= 11 is 0. The molecule has 0 aliphatic carbocycles. The van der Waals surface area contributed by atoms with Gasteiger partial charge in [0.1, 0.15) is 0 Å². The molecule has 2 N–H and O–H groups in total. The fraction of sp³-hybridized carbons (Fsp3) is 0.571. The average molecular weight is 205 g/mol. The lowest BCUT2D eigenvalue weighted by atomic mass is 9.94. The molecular formula is C14H23N. The van der Waals surface area contributed by atoms with Crippen molar-refractivity contribution in [2.24, 2.45) is 5.73 Å². The molecule has 84 valence electrons. The molecular weight excluding hydrogens is 182 g/mol. The van der Waals surface area contributed by atoms with E-state index in [1.807, 2.05) is 0 Å². The van der Waals surface area contributed by atoms with E-state index in [-0.39, 0.29) is 5.54 Å². The molecule has 0 aromatic heterocycles. The van der Waals surface area contributed by atoms with E-state index in [1.54, 1.807) is 0 Å². The number of nitrogens with two attached hydrogens (primary N) is 1. The Morgan fingerprint density at radius 1 is 1.27 bits per heavy atom. The van der Waals surface area contributed by atoms with E-state index < -0.39 is 0 Å². The zero-order chi connectivity index (χ0) is 11.5. The Morgan fingerprint density at radius 3 is 2.47 bits per heavy atom. The van der Waals surface area contributed by atoms with E-state index in [4.69, 9.17) is 5.73 Å². The predicted octanol–water partition coefficient (Wildman–Crippen LogP) is 3.48. The quantitative estimate of drug-likeness (QED) is 0.800. The SMILES string of the molecule is CC(C)c1cccc(CCC(C)(C)N)c1. The summed E-state index contributed by atoms with van der Waals surface area (Å²) in [7, 11) is 0. The van der Waals surface area contributed by atoms with Crippen LogP contribution in [0.1, 0.15) is 51.2 Å². The second-order valence-electron chi connectivity index (χ2n) is 5.39. The third kappa shape index (κ3) is 4.48. The van der Waals surface area contributed by atoms with Gasteiger partial charge in [0.2, 0.25) is 0 Å². The largest absolute Gasteiger partial charge is 0.326 e. The topological polar surface area (TPSA) is 26.0 Å². The molecule has 1 heteroatoms. The minimum Gasteiger partial charge on any atom is -0.326 e. The predicted molar refractivity (Wildman–Crippen MR) is 67.1 cm³/mol. The van der Waals surface area contributed by atoms with Gasteiger partial charge >= 0.3 is 0 Å². The minimum atomic E-state index is -0.0617. The third-order valence-electron chi connectivity index (χ3n) is 2.68. The van der Waals surface area contributed by atoms with E-state index in [0.29, 0.717) is 5.92 Å². The molecule has 0 aliphatic heterocycles. The summed E-state index contributed by atoms with van der Waals surface area (Å²) in [6.45, 7) is 8.62. The van der Waals surface area contributed by atoms with Crippen molar-refractivity contribution >= 4 is 0 Å². The first-order chi connectivity index (χ1) is 6.88. The van der Waals surface area contributed by atoms with Crippen LogP contribution >= 0.6 is 0 Å². The first-order valence-electron chi connectivity index (χ1n) is 5.76. The van der Waals surface area contributed by atoms with Crippen LogP contribution in [0.2, 0.25) is 0 Å². The van der Waals surface area contributed by atoms with Gasteiger partial charge in [0.25, 0.3) is 0 Å². The molecule has 0 radical (unpaired) electrons. The van der Waals surface area contributed by atoms with Crippen molar-refractivity contribution in [3.63, 3.8) is 0 Å². The Morgan fingerprint density at radius 2 is 1.93 bits per heavy atom. The van der Waals surface area contributed by atoms with Crippen molar-refractivity contribution in [2.75, 3.05) is 0 Å². The molecule has 0 heterocycles. The van der Waals surface area contributed by atoms with Crippen molar-refractivity contribution in [1.29, 1.82) is 0 Å². The Kier molecular flexibility index (Phi) is 3.92. The normalized spacial score (nSPS) is 12.1. The highest BCUT2D eigenvalue weighted by atomic mass is 14.7. The van der Waals surface area contributed by atoms with E-state index in [1.165, 1.54) is 11.1 Å². The van der Waals surface area contributed by atoms with Crippen LogP contribution in [0.5, 0.6) is 0 Å². The lowest BCUT2D eigenvalue weighted by Gasteiger charge is -2.18. The number of aryl methyl sites for hydroxylation is 1. The van der Waals surface area contributed by atoms with Crippen LogP contribution in [-0.2, 0) is 6.42 Å². The van der Waals surface area contributed by atoms with Crippen LogP contribution in [0.15, 0.2) is 24.3 Å². The molecule has 0 bridgehead atoms. The second-order valence-corrected chi connectivity index (χ2v) is 5.39. The van der Waals surface area contributed by atoms with Crippen molar-refractivity contribution in [3.05, 3.63) is 35.4 Å². The number of rotatable bonds is 4. The second kappa shape index (κ2) is 4.80. The molecule has 0 unspecified atom stereocenters. The molecule has 0 aliphatic rings. The molecule has 1 rings (SSSR count). The van der Waals surface area contributed by atoms with Gasteiger partial charge in [-0.25, -0.2) is 0 Å². The summed E-state index contributed by atoms with van der Waals surface area (Å²) in [5.41, 5.74) is 8.74. The lowest BCUT2D eigenvalue weighted by Crippen LogP contribution is -2.32. The van der Waals surface area contributed by atoms with Gasteiger partial charge in [-0.3, -0.25) is 0 Å². The van der Waals surface area contributed by atoms with Gasteiger partial charge in [0.15, 0.2) is 0 Å². The highest BCUT2D eigenvalue weighted by Crippen LogP contribution is 2.17. The third-order valence-corrected chi connectivity index (χ3v) is 2.68. The van der Waals surface area contributed by atoms with Crippen molar-refractivity contribution in [1.82, 2.24) is 0 Å². The summed E-state index contributed by atoms with van der Waals surface area (Å²) in [5.74, 6) is 0.607. The monoisotopic (exact) mass is 205 g/mol. The number of hydrogen-bond donors (Lipinski definition) is 1. The summed E-state index contributed by atoms with van der Waals surface area (Å²) in [6, 6.07) is 8.84. The summed E-state index contributed by atoms with van der Waals surface area (Å²) < 4.78 is 0. The van der Waals surface area contributed by atoms with E-state index >= 15 is 0 Å². The van der Waals surface area contributed by atoms with Crippen molar-refractivity contribution < 1.29 is 0 Å². The Labute approximate surface area is 93.7 Å². The molecule has 0 spiro atoms. The summed E-state index contributed by atoms with van der Waals surface area (Å²) in [6.07, 6.45) is 2.11. The van der Waals surface area contributed by atoms with Gasteiger partial charge in [-0.2, -0.15) is 0 Å². The summed E-state index contributed by atoms with van der Waals surface area (Å²) in [4.78, 5) is 0. The van der Waals surface area contributed by atoms with Gasteiger partial charge in [0, 0.05) is 5.54 Å². The van der Waals surface area contributed by atoms with Gasteiger partial charge in [-0.1, -0.05) is 38.1 Å². The minimum absolute atomic E-state index is 0.0617. The van der Waals surface area contributed by atoms with Crippen molar-refractivity contribution in [3.8, 4) is 0 Å². The lowest BCUT2D eigenvalue weighted by molar-refractivity contribution is 0.477. The summed E-state index contributed by atoms with van der Waals surface area (Å²) in [5, 5.41) is 0. The number of hydrogen-bond acceptors (Lipinski definition) is 1. The van der Waals surface area contributed by atoms with Crippen LogP contribution in [0.4, 0.5) is 0 Å². The molecule has 0 saturated heterocycles. The zero-order valence-corrected chi connectivity index (χ0v) is 10.4. The molecule has 1 aromatic rings.